The van der Waals surface area contributed by atoms with Gasteiger partial charge < -0.3 is 10.0 Å². The van der Waals surface area contributed by atoms with E-state index in [4.69, 9.17) is 0 Å². The summed E-state index contributed by atoms with van der Waals surface area (Å²) in [7, 11) is 1.65. The molecule has 23 heavy (non-hydrogen) atoms. The summed E-state index contributed by atoms with van der Waals surface area (Å²) >= 11 is 0. The molecule has 0 saturated heterocycles. The van der Waals surface area contributed by atoms with E-state index in [9.17, 15) is 18.7 Å². The zero-order chi connectivity index (χ0) is 16.8. The first-order valence-corrected chi connectivity index (χ1v) is 7.38. The molecule has 1 unspecified atom stereocenters. The van der Waals surface area contributed by atoms with Gasteiger partial charge in [-0.25, -0.2) is 8.78 Å². The molecule has 0 bridgehead atoms. The predicted molar refractivity (Wildman–Crippen MR) is 83.7 cm³/mol. The van der Waals surface area contributed by atoms with Crippen LogP contribution in [0.4, 0.5) is 8.78 Å². The number of rotatable bonds is 6. The van der Waals surface area contributed by atoms with Crippen molar-refractivity contribution in [3.05, 3.63) is 71.3 Å². The Morgan fingerprint density at radius 1 is 1.13 bits per heavy atom. The lowest BCUT2D eigenvalue weighted by Gasteiger charge is -2.28. The number of amides is 1. The fourth-order valence-electron chi connectivity index (χ4n) is 2.50. The van der Waals surface area contributed by atoms with Gasteiger partial charge in [-0.2, -0.15) is 0 Å². The summed E-state index contributed by atoms with van der Waals surface area (Å²) in [5.74, 6) is -2.12. The summed E-state index contributed by atoms with van der Waals surface area (Å²) in [6.45, 7) is -0.0532. The van der Waals surface area contributed by atoms with Crippen LogP contribution in [0.3, 0.4) is 0 Å². The minimum atomic E-state index is -0.965. The topological polar surface area (TPSA) is 40.5 Å². The van der Waals surface area contributed by atoms with Crippen LogP contribution in [0.1, 0.15) is 23.6 Å². The van der Waals surface area contributed by atoms with Gasteiger partial charge in [0, 0.05) is 13.7 Å². The maximum absolute atomic E-state index is 13.2. The number of aliphatic hydroxyl groups excluding tert-OH is 1. The maximum Gasteiger partial charge on any atom is 0.227 e. The van der Waals surface area contributed by atoms with E-state index >= 15 is 0 Å². The van der Waals surface area contributed by atoms with Crippen LogP contribution >= 0.6 is 0 Å². The van der Waals surface area contributed by atoms with Crippen LogP contribution in [-0.4, -0.2) is 29.6 Å². The van der Waals surface area contributed by atoms with Crippen molar-refractivity contribution in [1.29, 1.82) is 0 Å². The average Bonchev–Trinajstić information content (AvgIpc) is 2.56. The molecule has 5 heteroatoms. The number of hydrogen-bond donors (Lipinski definition) is 1. The molecule has 0 aliphatic heterocycles. The highest BCUT2D eigenvalue weighted by Crippen LogP contribution is 2.23. The molecule has 3 nitrogen and oxygen atoms in total. The van der Waals surface area contributed by atoms with Crippen molar-refractivity contribution in [2.75, 3.05) is 13.7 Å². The van der Waals surface area contributed by atoms with Crippen LogP contribution in [0.15, 0.2) is 48.5 Å². The molecule has 2 rings (SSSR count). The summed E-state index contributed by atoms with van der Waals surface area (Å²) in [5.41, 5.74) is 1.33. The number of halogens is 2. The second kappa shape index (κ2) is 7.83. The Hall–Kier alpha value is -2.27. The van der Waals surface area contributed by atoms with E-state index in [2.05, 4.69) is 0 Å². The summed E-state index contributed by atoms with van der Waals surface area (Å²) in [5, 5.41) is 9.26. The molecule has 0 radical (unpaired) electrons. The van der Waals surface area contributed by atoms with E-state index in [0.717, 1.165) is 17.7 Å². The quantitative estimate of drug-likeness (QED) is 0.889. The summed E-state index contributed by atoms with van der Waals surface area (Å²) in [6.07, 6.45) is 0.381. The molecule has 2 aromatic rings. The zero-order valence-corrected chi connectivity index (χ0v) is 12.9. The van der Waals surface area contributed by atoms with Crippen LogP contribution in [0.5, 0.6) is 0 Å². The molecule has 0 heterocycles. The Morgan fingerprint density at radius 3 is 2.43 bits per heavy atom. The molecule has 0 saturated carbocycles. The van der Waals surface area contributed by atoms with E-state index in [1.807, 2.05) is 30.3 Å². The third-order valence-corrected chi connectivity index (χ3v) is 3.79. The summed E-state index contributed by atoms with van der Waals surface area (Å²) < 4.78 is 26.2. The second-order valence-corrected chi connectivity index (χ2v) is 5.37. The Balaban J connectivity index is 2.14. The number of hydrogen-bond acceptors (Lipinski definition) is 2. The standard InChI is InChI=1S/C18H19F2NO2/c1-21(17(9-10-22)14-5-3-2-4-6-14)18(23)12-13-7-8-15(19)16(20)11-13/h2-8,11,17,22H,9-10,12H2,1H3. The molecule has 0 aromatic heterocycles. The molecule has 0 spiro atoms. The summed E-state index contributed by atoms with van der Waals surface area (Å²) in [4.78, 5) is 14.0. The largest absolute Gasteiger partial charge is 0.396 e. The van der Waals surface area contributed by atoms with E-state index in [1.54, 1.807) is 7.05 Å². The second-order valence-electron chi connectivity index (χ2n) is 5.37. The van der Waals surface area contributed by atoms with Gasteiger partial charge in [0.05, 0.1) is 12.5 Å². The molecule has 0 fully saturated rings. The number of aliphatic hydroxyl groups is 1. The molecule has 122 valence electrons. The summed E-state index contributed by atoms with van der Waals surface area (Å²) in [6, 6.07) is 12.6. The Morgan fingerprint density at radius 2 is 1.83 bits per heavy atom. The fourth-order valence-corrected chi connectivity index (χ4v) is 2.50. The third-order valence-electron chi connectivity index (χ3n) is 3.79. The Bertz CT molecular complexity index is 661. The monoisotopic (exact) mass is 319 g/mol. The molecule has 1 atom stereocenters. The van der Waals surface area contributed by atoms with Crippen LogP contribution < -0.4 is 0 Å². The predicted octanol–water partition coefficient (Wildman–Crippen LogP) is 3.09. The Kier molecular flexibility index (Phi) is 5.82. The van der Waals surface area contributed by atoms with E-state index in [-0.39, 0.29) is 25.0 Å². The van der Waals surface area contributed by atoms with E-state index < -0.39 is 11.6 Å². The lowest BCUT2D eigenvalue weighted by atomic mass is 10.0. The number of carbonyl (C=O) groups excluding carboxylic acids is 1. The van der Waals surface area contributed by atoms with Crippen molar-refractivity contribution >= 4 is 5.91 Å². The highest BCUT2D eigenvalue weighted by Gasteiger charge is 2.21. The van der Waals surface area contributed by atoms with Gasteiger partial charge in [-0.15, -0.1) is 0 Å². The van der Waals surface area contributed by atoms with Gasteiger partial charge in [-0.05, 0) is 29.7 Å². The van der Waals surface area contributed by atoms with Gasteiger partial charge in [-0.3, -0.25) is 4.79 Å². The van der Waals surface area contributed by atoms with Gasteiger partial charge >= 0.3 is 0 Å². The highest BCUT2D eigenvalue weighted by molar-refractivity contribution is 5.79. The number of likely N-dealkylation sites (N-methyl/N-ethyl adjacent to an activating group) is 1. The normalized spacial score (nSPS) is 12.0. The van der Waals surface area contributed by atoms with Crippen molar-refractivity contribution in [2.24, 2.45) is 0 Å². The van der Waals surface area contributed by atoms with E-state index in [0.29, 0.717) is 12.0 Å². The lowest BCUT2D eigenvalue weighted by molar-refractivity contribution is -0.131. The van der Waals surface area contributed by atoms with Crippen molar-refractivity contribution in [3.8, 4) is 0 Å². The lowest BCUT2D eigenvalue weighted by Crippen LogP contribution is -2.33. The first kappa shape index (κ1) is 17.1. The molecule has 1 N–H and O–H groups in total. The maximum atomic E-state index is 13.2. The van der Waals surface area contributed by atoms with Crippen LogP contribution in [0, 0.1) is 11.6 Å². The molecule has 1 amide bonds. The Labute approximate surface area is 134 Å². The molecule has 0 aliphatic carbocycles. The van der Waals surface area contributed by atoms with Gasteiger partial charge in [0.25, 0.3) is 0 Å². The number of benzene rings is 2. The molecular weight excluding hydrogens is 300 g/mol. The van der Waals surface area contributed by atoms with Crippen LogP contribution in [0.2, 0.25) is 0 Å². The first-order chi connectivity index (χ1) is 11.0. The van der Waals surface area contributed by atoms with Gasteiger partial charge in [0.1, 0.15) is 0 Å². The van der Waals surface area contributed by atoms with Gasteiger partial charge in [0.2, 0.25) is 5.91 Å². The molecule has 0 aliphatic rings. The van der Waals surface area contributed by atoms with Crippen LogP contribution in [-0.2, 0) is 11.2 Å². The average molecular weight is 319 g/mol. The SMILES string of the molecule is CN(C(=O)Cc1ccc(F)c(F)c1)C(CCO)c1ccccc1. The minimum Gasteiger partial charge on any atom is -0.396 e. The van der Waals surface area contributed by atoms with E-state index in [1.165, 1.54) is 11.0 Å². The van der Waals surface area contributed by atoms with Crippen molar-refractivity contribution in [2.45, 2.75) is 18.9 Å². The molecular formula is C18H19F2NO2. The van der Waals surface area contributed by atoms with Crippen molar-refractivity contribution < 1.29 is 18.7 Å². The first-order valence-electron chi connectivity index (χ1n) is 7.38. The minimum absolute atomic E-state index is 0.0253. The number of nitrogens with zero attached hydrogens (tertiary/aromatic N) is 1. The van der Waals surface area contributed by atoms with Crippen LogP contribution in [0.25, 0.3) is 0 Å². The van der Waals surface area contributed by atoms with Crippen molar-refractivity contribution in [1.82, 2.24) is 4.90 Å². The third kappa shape index (κ3) is 4.36. The smallest absolute Gasteiger partial charge is 0.227 e. The highest BCUT2D eigenvalue weighted by atomic mass is 19.2. The fraction of sp³-hybridized carbons (Fsp3) is 0.278. The molecule has 2 aromatic carbocycles. The van der Waals surface area contributed by atoms with Gasteiger partial charge in [0.15, 0.2) is 11.6 Å². The zero-order valence-electron chi connectivity index (χ0n) is 12.9. The number of carbonyl (C=O) groups is 1. The van der Waals surface area contributed by atoms with Gasteiger partial charge in [-0.1, -0.05) is 36.4 Å². The van der Waals surface area contributed by atoms with Crippen molar-refractivity contribution in [3.63, 3.8) is 0 Å².